The van der Waals surface area contributed by atoms with Crippen molar-refractivity contribution in [3.05, 3.63) is 64.7 Å². The molecule has 2 amide bonds. The summed E-state index contributed by atoms with van der Waals surface area (Å²) in [5, 5.41) is 3.89. The summed E-state index contributed by atoms with van der Waals surface area (Å²) in [6, 6.07) is 15.4. The van der Waals surface area contributed by atoms with E-state index in [1.807, 2.05) is 62.4 Å². The van der Waals surface area contributed by atoms with Crippen LogP contribution in [0.2, 0.25) is 5.02 Å². The molecule has 1 N–H and O–H groups in total. The molecule has 1 aliphatic rings. The average Bonchev–Trinajstić information content (AvgIpc) is 2.80. The van der Waals surface area contributed by atoms with E-state index in [9.17, 15) is 9.59 Å². The molecule has 0 aliphatic heterocycles. The molecule has 4 nitrogen and oxygen atoms in total. The van der Waals surface area contributed by atoms with Gasteiger partial charge in [0.25, 0.3) is 0 Å². The lowest BCUT2D eigenvalue weighted by molar-refractivity contribution is -0.140. The highest BCUT2D eigenvalue weighted by molar-refractivity contribution is 7.99. The molecule has 6 heteroatoms. The second-order valence-electron chi connectivity index (χ2n) is 8.52. The molecule has 1 unspecified atom stereocenters. The Bertz CT molecular complexity index is 897. The van der Waals surface area contributed by atoms with Crippen LogP contribution >= 0.6 is 23.4 Å². The zero-order valence-electron chi connectivity index (χ0n) is 19.0. The monoisotopic (exact) mass is 472 g/mol. The smallest absolute Gasteiger partial charge is 0.242 e. The molecule has 0 aromatic heterocycles. The van der Waals surface area contributed by atoms with E-state index < -0.39 is 6.04 Å². The van der Waals surface area contributed by atoms with Crippen LogP contribution in [-0.4, -0.2) is 34.6 Å². The van der Waals surface area contributed by atoms with Gasteiger partial charge in [-0.3, -0.25) is 9.59 Å². The summed E-state index contributed by atoms with van der Waals surface area (Å²) in [6.45, 7) is 4.33. The van der Waals surface area contributed by atoms with E-state index in [1.54, 1.807) is 16.7 Å². The maximum atomic E-state index is 13.3. The second kappa shape index (κ2) is 12.3. The summed E-state index contributed by atoms with van der Waals surface area (Å²) in [7, 11) is 0. The topological polar surface area (TPSA) is 49.4 Å². The van der Waals surface area contributed by atoms with Crippen molar-refractivity contribution < 1.29 is 9.59 Å². The number of carbonyl (C=O) groups is 2. The van der Waals surface area contributed by atoms with Crippen LogP contribution in [0.5, 0.6) is 0 Å². The van der Waals surface area contributed by atoms with Crippen molar-refractivity contribution in [2.24, 2.45) is 0 Å². The summed E-state index contributed by atoms with van der Waals surface area (Å²) in [4.78, 5) is 29.1. The van der Waals surface area contributed by atoms with Gasteiger partial charge in [-0.25, -0.2) is 0 Å². The molecule has 0 bridgehead atoms. The molecule has 0 saturated heterocycles. The number of hydrogen-bond donors (Lipinski definition) is 1. The highest BCUT2D eigenvalue weighted by Crippen LogP contribution is 2.23. The van der Waals surface area contributed by atoms with Crippen LogP contribution in [0.25, 0.3) is 0 Å². The van der Waals surface area contributed by atoms with Gasteiger partial charge in [-0.2, -0.15) is 0 Å². The van der Waals surface area contributed by atoms with E-state index in [-0.39, 0.29) is 17.9 Å². The first-order chi connectivity index (χ1) is 15.4. The SMILES string of the molecule is Cc1ccccc1CN(C(=O)CCSc1ccc(Cl)cc1)C(C)C(=O)NC1CCCCC1. The van der Waals surface area contributed by atoms with Crippen LogP contribution in [0.3, 0.4) is 0 Å². The maximum Gasteiger partial charge on any atom is 0.242 e. The average molecular weight is 473 g/mol. The Kier molecular flexibility index (Phi) is 9.49. The molecule has 1 saturated carbocycles. The van der Waals surface area contributed by atoms with Crippen LogP contribution in [0.1, 0.15) is 56.6 Å². The Labute approximate surface area is 201 Å². The molecule has 0 spiro atoms. The Morgan fingerprint density at radius 3 is 2.47 bits per heavy atom. The fraction of sp³-hybridized carbons (Fsp3) is 0.462. The largest absolute Gasteiger partial charge is 0.352 e. The van der Waals surface area contributed by atoms with Crippen molar-refractivity contribution in [3.8, 4) is 0 Å². The number of carbonyl (C=O) groups excluding carboxylic acids is 2. The van der Waals surface area contributed by atoms with E-state index in [0.29, 0.717) is 23.7 Å². The van der Waals surface area contributed by atoms with E-state index in [2.05, 4.69) is 5.32 Å². The van der Waals surface area contributed by atoms with E-state index in [4.69, 9.17) is 11.6 Å². The minimum Gasteiger partial charge on any atom is -0.352 e. The molecular formula is C26H33ClN2O2S. The van der Waals surface area contributed by atoms with Crippen LogP contribution in [0.15, 0.2) is 53.4 Å². The molecule has 1 fully saturated rings. The quantitative estimate of drug-likeness (QED) is 0.455. The first kappa shape index (κ1) is 24.7. The third-order valence-corrected chi connectivity index (χ3v) is 7.38. The molecular weight excluding hydrogens is 440 g/mol. The molecule has 0 heterocycles. The van der Waals surface area contributed by atoms with Crippen molar-refractivity contribution in [1.29, 1.82) is 0 Å². The van der Waals surface area contributed by atoms with Gasteiger partial charge in [0.15, 0.2) is 0 Å². The first-order valence-electron chi connectivity index (χ1n) is 11.5. The molecule has 0 radical (unpaired) electrons. The summed E-state index contributed by atoms with van der Waals surface area (Å²) in [6.07, 6.45) is 6.00. The van der Waals surface area contributed by atoms with Crippen molar-refractivity contribution >= 4 is 35.2 Å². The number of benzene rings is 2. The van der Waals surface area contributed by atoms with Gasteiger partial charge in [-0.15, -0.1) is 11.8 Å². The van der Waals surface area contributed by atoms with Crippen molar-refractivity contribution in [2.45, 2.75) is 75.9 Å². The Hall–Kier alpha value is -1.98. The van der Waals surface area contributed by atoms with Crippen molar-refractivity contribution in [2.75, 3.05) is 5.75 Å². The number of halogens is 1. The van der Waals surface area contributed by atoms with Crippen LogP contribution in [0.4, 0.5) is 0 Å². The fourth-order valence-electron chi connectivity index (χ4n) is 4.05. The number of nitrogens with zero attached hydrogens (tertiary/aromatic N) is 1. The minimum atomic E-state index is -0.510. The highest BCUT2D eigenvalue weighted by atomic mass is 35.5. The molecule has 2 aromatic carbocycles. The first-order valence-corrected chi connectivity index (χ1v) is 12.8. The predicted octanol–water partition coefficient (Wildman–Crippen LogP) is 6.00. The van der Waals surface area contributed by atoms with Gasteiger partial charge in [0.2, 0.25) is 11.8 Å². The number of nitrogens with one attached hydrogen (secondary N) is 1. The number of amides is 2. The van der Waals surface area contributed by atoms with E-state index in [0.717, 1.165) is 41.7 Å². The Morgan fingerprint density at radius 2 is 1.78 bits per heavy atom. The number of aryl methyl sites for hydroxylation is 1. The number of rotatable bonds is 9. The number of thioether (sulfide) groups is 1. The Morgan fingerprint density at radius 1 is 1.09 bits per heavy atom. The normalized spacial score (nSPS) is 15.2. The summed E-state index contributed by atoms with van der Waals surface area (Å²) in [5.74, 6) is 0.604. The van der Waals surface area contributed by atoms with Gasteiger partial charge >= 0.3 is 0 Å². The minimum absolute atomic E-state index is 0.000936. The van der Waals surface area contributed by atoms with E-state index >= 15 is 0 Å². The molecule has 2 aromatic rings. The second-order valence-corrected chi connectivity index (χ2v) is 10.1. The third-order valence-electron chi connectivity index (χ3n) is 6.12. The molecule has 3 rings (SSSR count). The maximum absolute atomic E-state index is 13.3. The van der Waals surface area contributed by atoms with Crippen LogP contribution in [0, 0.1) is 6.92 Å². The van der Waals surface area contributed by atoms with Crippen molar-refractivity contribution in [1.82, 2.24) is 10.2 Å². The van der Waals surface area contributed by atoms with Gasteiger partial charge in [0.05, 0.1) is 0 Å². The zero-order chi connectivity index (χ0) is 22.9. The third kappa shape index (κ3) is 7.28. The Balaban J connectivity index is 1.65. The van der Waals surface area contributed by atoms with Gasteiger partial charge in [0, 0.05) is 34.7 Å². The standard InChI is InChI=1S/C26H33ClN2O2S/c1-19-8-6-7-9-21(19)18-29(20(2)26(31)28-23-10-4-3-5-11-23)25(30)16-17-32-24-14-12-22(27)13-15-24/h6-9,12-15,20,23H,3-5,10-11,16-18H2,1-2H3,(H,28,31). The zero-order valence-corrected chi connectivity index (χ0v) is 20.6. The van der Waals surface area contributed by atoms with E-state index in [1.165, 1.54) is 6.42 Å². The molecule has 1 aliphatic carbocycles. The van der Waals surface area contributed by atoms with Crippen molar-refractivity contribution in [3.63, 3.8) is 0 Å². The molecule has 1 atom stereocenters. The van der Waals surface area contributed by atoms with Crippen LogP contribution < -0.4 is 5.32 Å². The lowest BCUT2D eigenvalue weighted by Crippen LogP contribution is -2.50. The van der Waals surface area contributed by atoms with Gasteiger partial charge in [-0.05, 0) is 62.1 Å². The summed E-state index contributed by atoms with van der Waals surface area (Å²) in [5.41, 5.74) is 2.20. The predicted molar refractivity (Wildman–Crippen MR) is 133 cm³/mol. The van der Waals surface area contributed by atoms with Gasteiger partial charge in [0.1, 0.15) is 6.04 Å². The highest BCUT2D eigenvalue weighted by Gasteiger charge is 2.28. The fourth-order valence-corrected chi connectivity index (χ4v) is 5.02. The van der Waals surface area contributed by atoms with Crippen LogP contribution in [-0.2, 0) is 16.1 Å². The summed E-state index contributed by atoms with van der Waals surface area (Å²) < 4.78 is 0. The molecule has 32 heavy (non-hydrogen) atoms. The lowest BCUT2D eigenvalue weighted by atomic mass is 9.95. The number of hydrogen-bond acceptors (Lipinski definition) is 3. The van der Waals surface area contributed by atoms with Gasteiger partial charge in [-0.1, -0.05) is 55.1 Å². The lowest BCUT2D eigenvalue weighted by Gasteiger charge is -2.31. The molecule has 172 valence electrons. The van der Waals surface area contributed by atoms with Gasteiger partial charge < -0.3 is 10.2 Å². The summed E-state index contributed by atoms with van der Waals surface area (Å²) >= 11 is 7.58.